The van der Waals surface area contributed by atoms with Gasteiger partial charge in [0.05, 0.1) is 31.0 Å². The fourth-order valence-corrected chi connectivity index (χ4v) is 6.70. The second-order valence-corrected chi connectivity index (χ2v) is 14.8. The average Bonchev–Trinajstić information content (AvgIpc) is 3.51. The van der Waals surface area contributed by atoms with E-state index in [-0.39, 0.29) is 62.2 Å². The third kappa shape index (κ3) is 16.1. The maximum atomic E-state index is 13.0. The fourth-order valence-electron chi connectivity index (χ4n) is 6.70. The summed E-state index contributed by atoms with van der Waals surface area (Å²) in [7, 11) is 1.38. The van der Waals surface area contributed by atoms with Crippen LogP contribution in [0.15, 0.2) is 97.1 Å². The van der Waals surface area contributed by atoms with Crippen molar-refractivity contribution in [2.45, 2.75) is 95.6 Å². The number of aliphatic hydroxyl groups excluding tert-OH is 3. The summed E-state index contributed by atoms with van der Waals surface area (Å²) in [6.07, 6.45) is 4.70. The third-order valence-corrected chi connectivity index (χ3v) is 10.1. The average molecular weight is 869 g/mol. The van der Waals surface area contributed by atoms with Gasteiger partial charge in [-0.1, -0.05) is 72.8 Å². The first-order valence-corrected chi connectivity index (χ1v) is 19.9. The molecule has 62 heavy (non-hydrogen) atoms. The van der Waals surface area contributed by atoms with E-state index in [2.05, 4.69) is 10.2 Å². The molecule has 1 aliphatic rings. The first-order valence-electron chi connectivity index (χ1n) is 19.9. The van der Waals surface area contributed by atoms with Crippen molar-refractivity contribution in [3.63, 3.8) is 0 Å². The quantitative estimate of drug-likeness (QED) is 0.0160. The zero-order chi connectivity index (χ0) is 45.2. The highest BCUT2D eigenvalue weighted by atomic mass is 19.4. The number of benzene rings is 3. The van der Waals surface area contributed by atoms with Gasteiger partial charge in [0.2, 0.25) is 5.91 Å². The molecule has 334 valence electrons. The molecule has 0 bridgehead atoms. The van der Waals surface area contributed by atoms with Gasteiger partial charge in [-0.05, 0) is 91.5 Å². The van der Waals surface area contributed by atoms with E-state index in [0.717, 1.165) is 12.1 Å². The first kappa shape index (κ1) is 48.6. The van der Waals surface area contributed by atoms with E-state index in [1.807, 2.05) is 12.2 Å². The molecule has 6 atom stereocenters. The lowest BCUT2D eigenvalue weighted by atomic mass is 9.89. The number of methoxy groups -OCH3 is 1. The lowest BCUT2D eigenvalue weighted by Gasteiger charge is -2.19. The second-order valence-electron chi connectivity index (χ2n) is 14.8. The molecule has 3 aromatic rings. The molecule has 0 aromatic heterocycles. The highest BCUT2D eigenvalue weighted by Crippen LogP contribution is 2.37. The van der Waals surface area contributed by atoms with Crippen molar-refractivity contribution < 1.29 is 67.0 Å². The Bertz CT molecular complexity index is 2050. The highest BCUT2D eigenvalue weighted by molar-refractivity contribution is 5.87. The van der Waals surface area contributed by atoms with Crippen molar-refractivity contribution in [1.82, 2.24) is 5.32 Å². The third-order valence-electron chi connectivity index (χ3n) is 10.1. The first-order chi connectivity index (χ1) is 29.5. The van der Waals surface area contributed by atoms with Crippen LogP contribution < -0.4 is 14.8 Å². The lowest BCUT2D eigenvalue weighted by molar-refractivity contribution is -0.763. The summed E-state index contributed by atoms with van der Waals surface area (Å²) in [4.78, 5) is 52.3. The van der Waals surface area contributed by atoms with Crippen LogP contribution in [0.4, 0.5) is 13.2 Å². The van der Waals surface area contributed by atoms with E-state index in [1.54, 1.807) is 48.5 Å². The lowest BCUT2D eigenvalue weighted by Crippen LogP contribution is -2.40. The molecule has 14 nitrogen and oxygen atoms in total. The SMILES string of the molecule is COc1cc(/C=C/C(=O)OCc2ccc(CO[N+](=O)[O-])cc2)ccc1OC(=O)C(C)NC(=O)CCC/C=C\C[C@@H]1[C@@H](/C=C/[C@@H](O)CCc2cccc(C(F)(F)F)c2)[C@H](O)C[C@@H]1O. The normalized spacial score (nSPS) is 18.8. The predicted molar refractivity (Wildman–Crippen MR) is 219 cm³/mol. The Kier molecular flexibility index (Phi) is 18.7. The molecule has 4 N–H and O–H groups in total. The maximum Gasteiger partial charge on any atom is 0.416 e. The van der Waals surface area contributed by atoms with Gasteiger partial charge >= 0.3 is 18.1 Å². The Morgan fingerprint density at radius 2 is 1.69 bits per heavy atom. The minimum Gasteiger partial charge on any atom is -0.493 e. The maximum absolute atomic E-state index is 13.0. The molecule has 4 rings (SSSR count). The molecule has 0 aliphatic heterocycles. The number of amides is 1. The summed E-state index contributed by atoms with van der Waals surface area (Å²) < 4.78 is 55.1. The van der Waals surface area contributed by atoms with E-state index in [4.69, 9.17) is 14.2 Å². The summed E-state index contributed by atoms with van der Waals surface area (Å²) >= 11 is 0. The zero-order valence-electron chi connectivity index (χ0n) is 34.2. The van der Waals surface area contributed by atoms with Crippen LogP contribution in [0.3, 0.4) is 0 Å². The Morgan fingerprint density at radius 3 is 2.39 bits per heavy atom. The Balaban J connectivity index is 1.15. The van der Waals surface area contributed by atoms with Gasteiger partial charge in [0.1, 0.15) is 19.3 Å². The molecule has 3 aromatic carbocycles. The van der Waals surface area contributed by atoms with Gasteiger partial charge in [-0.15, -0.1) is 10.1 Å². The highest BCUT2D eigenvalue weighted by Gasteiger charge is 2.39. The number of nitrogens with zero attached hydrogens (tertiary/aromatic N) is 1. The largest absolute Gasteiger partial charge is 0.493 e. The number of nitrogens with one attached hydrogen (secondary N) is 1. The molecular weight excluding hydrogens is 817 g/mol. The Hall–Kier alpha value is -6.04. The number of carbonyl (C=O) groups is 3. The molecule has 1 fully saturated rings. The number of carbonyl (C=O) groups excluding carboxylic acids is 3. The monoisotopic (exact) mass is 868 g/mol. The van der Waals surface area contributed by atoms with Crippen LogP contribution in [0, 0.1) is 22.0 Å². The summed E-state index contributed by atoms with van der Waals surface area (Å²) in [5, 5.41) is 43.7. The number of halogens is 3. The fraction of sp³-hybridized carbons (Fsp3) is 0.400. The number of unbranched alkanes of at least 4 members (excludes halogenated alkanes) is 1. The molecule has 1 aliphatic carbocycles. The topological polar surface area (TPSA) is 204 Å². The molecule has 0 radical (unpaired) electrons. The van der Waals surface area contributed by atoms with Crippen LogP contribution in [0.1, 0.15) is 73.3 Å². The van der Waals surface area contributed by atoms with Crippen molar-refractivity contribution in [2.24, 2.45) is 11.8 Å². The smallest absolute Gasteiger partial charge is 0.416 e. The van der Waals surface area contributed by atoms with Gasteiger partial charge in [-0.25, -0.2) is 9.59 Å². The number of aryl methyl sites for hydroxylation is 1. The summed E-state index contributed by atoms with van der Waals surface area (Å²) in [5.41, 5.74) is 1.49. The minimum absolute atomic E-state index is 0.0272. The number of ether oxygens (including phenoxy) is 3. The van der Waals surface area contributed by atoms with E-state index in [0.29, 0.717) is 41.5 Å². The molecular formula is C45H51F3N2O12. The number of aliphatic hydroxyl groups is 3. The standard InChI is InChI=1S/C45H51F3N2O12/c1-29(44(56)62-40-22-17-31(25-41(40)59-2)18-23-43(55)60-27-32-12-14-33(15-13-32)28-61-50(57)58)49-42(54)11-6-4-3-5-10-36-37(39(53)26-38(36)52)21-20-35(51)19-16-30-8-7-9-34(24-30)45(46,47)48/h3,5,7-9,12-15,17-18,20-25,29,35-39,51-53H,4,6,10-11,16,19,26-28H2,1-2H3,(H,49,54)/b5-3-,21-20+,23-18+/t29?,35-,36+,37+,38-,39+/m0/s1. The zero-order valence-corrected chi connectivity index (χ0v) is 34.2. The Labute approximate surface area is 356 Å². The van der Waals surface area contributed by atoms with Gasteiger partial charge < -0.3 is 39.7 Å². The Morgan fingerprint density at radius 1 is 0.968 bits per heavy atom. The summed E-state index contributed by atoms with van der Waals surface area (Å²) in [6, 6.07) is 15.1. The minimum atomic E-state index is -4.45. The van der Waals surface area contributed by atoms with Crippen molar-refractivity contribution >= 4 is 23.9 Å². The van der Waals surface area contributed by atoms with Gasteiger partial charge in [0.25, 0.3) is 5.09 Å². The van der Waals surface area contributed by atoms with Gasteiger partial charge in [0, 0.05) is 24.8 Å². The number of esters is 2. The van der Waals surface area contributed by atoms with Crippen molar-refractivity contribution in [3.05, 3.63) is 135 Å². The predicted octanol–water partition coefficient (Wildman–Crippen LogP) is 6.61. The number of rotatable bonds is 22. The van der Waals surface area contributed by atoms with Gasteiger partial charge in [0.15, 0.2) is 11.5 Å². The van der Waals surface area contributed by atoms with E-state index in [9.17, 15) is 53.0 Å². The van der Waals surface area contributed by atoms with E-state index in [1.165, 1.54) is 44.4 Å². The second kappa shape index (κ2) is 23.8. The summed E-state index contributed by atoms with van der Waals surface area (Å²) in [5.74, 6) is -2.19. The van der Waals surface area contributed by atoms with Crippen LogP contribution >= 0.6 is 0 Å². The number of hydrogen-bond acceptors (Lipinski definition) is 12. The van der Waals surface area contributed by atoms with E-state index >= 15 is 0 Å². The molecule has 0 saturated heterocycles. The molecule has 17 heteroatoms. The number of alkyl halides is 3. The van der Waals surface area contributed by atoms with E-state index < -0.39 is 59.0 Å². The van der Waals surface area contributed by atoms with Crippen LogP contribution in [0.5, 0.6) is 11.5 Å². The molecule has 0 spiro atoms. The van der Waals surface area contributed by atoms with Crippen molar-refractivity contribution in [1.29, 1.82) is 0 Å². The number of allylic oxidation sites excluding steroid dienone is 2. The molecule has 1 unspecified atom stereocenters. The van der Waals surface area contributed by atoms with Crippen LogP contribution in [-0.2, 0) is 49.8 Å². The summed E-state index contributed by atoms with van der Waals surface area (Å²) in [6.45, 7) is 1.26. The van der Waals surface area contributed by atoms with Crippen molar-refractivity contribution in [2.75, 3.05) is 7.11 Å². The van der Waals surface area contributed by atoms with Crippen LogP contribution in [0.2, 0.25) is 0 Å². The molecule has 1 saturated carbocycles. The molecule has 0 heterocycles. The van der Waals surface area contributed by atoms with Gasteiger partial charge in [-0.3, -0.25) is 4.79 Å². The van der Waals surface area contributed by atoms with Crippen LogP contribution in [-0.4, -0.2) is 69.7 Å². The van der Waals surface area contributed by atoms with Crippen LogP contribution in [0.25, 0.3) is 6.08 Å². The molecule has 1 amide bonds. The van der Waals surface area contributed by atoms with Gasteiger partial charge in [-0.2, -0.15) is 13.2 Å². The van der Waals surface area contributed by atoms with Crippen molar-refractivity contribution in [3.8, 4) is 11.5 Å². The number of hydrogen-bond donors (Lipinski definition) is 4.